The van der Waals surface area contributed by atoms with Gasteiger partial charge in [0.15, 0.2) is 0 Å². The van der Waals surface area contributed by atoms with Crippen molar-refractivity contribution in [1.82, 2.24) is 0 Å². The summed E-state index contributed by atoms with van der Waals surface area (Å²) in [6.45, 7) is 6.37. The Balaban J connectivity index is 1.56. The summed E-state index contributed by atoms with van der Waals surface area (Å²) >= 11 is 0. The lowest BCUT2D eigenvalue weighted by molar-refractivity contribution is -0.906. The van der Waals surface area contributed by atoms with Crippen molar-refractivity contribution in [3.8, 4) is 11.5 Å². The normalized spacial score (nSPS) is 20.4. The van der Waals surface area contributed by atoms with Gasteiger partial charge < -0.3 is 19.1 Å². The van der Waals surface area contributed by atoms with Crippen LogP contribution in [0.15, 0.2) is 24.3 Å². The number of hydrogen-bond acceptors (Lipinski definition) is 4. The van der Waals surface area contributed by atoms with Crippen molar-refractivity contribution in [2.45, 2.75) is 32.6 Å². The second kappa shape index (κ2) is 10.2. The highest BCUT2D eigenvalue weighted by Crippen LogP contribution is 2.19. The third-order valence-corrected chi connectivity index (χ3v) is 4.55. The Morgan fingerprint density at radius 2 is 1.96 bits per heavy atom. The maximum atomic E-state index is 11.7. The Hall–Kier alpha value is -1.75. The van der Waals surface area contributed by atoms with Crippen molar-refractivity contribution in [3.05, 3.63) is 24.3 Å². The average Bonchev–Trinajstić information content (AvgIpc) is 2.62. The van der Waals surface area contributed by atoms with Crippen LogP contribution in [0.5, 0.6) is 11.5 Å². The van der Waals surface area contributed by atoms with Crippen LogP contribution < -0.4 is 14.4 Å². The molecule has 0 aromatic heterocycles. The van der Waals surface area contributed by atoms with Crippen LogP contribution in [0.1, 0.15) is 32.6 Å². The van der Waals surface area contributed by atoms with E-state index in [-0.39, 0.29) is 11.9 Å². The minimum atomic E-state index is -0.0109. The molecule has 24 heavy (non-hydrogen) atoms. The molecule has 0 unspecified atom stereocenters. The zero-order valence-corrected chi connectivity index (χ0v) is 14.9. The number of benzene rings is 1. The Bertz CT molecular complexity index is 498. The number of rotatable bonds is 9. The highest BCUT2D eigenvalue weighted by Gasteiger charge is 2.27. The maximum absolute atomic E-state index is 11.7. The molecular weight excluding hydrogens is 306 g/mol. The molecule has 0 bridgehead atoms. The fourth-order valence-corrected chi connectivity index (χ4v) is 3.13. The van der Waals surface area contributed by atoms with Gasteiger partial charge in [0.05, 0.1) is 45.9 Å². The molecule has 1 aliphatic heterocycles. The molecule has 1 aromatic rings. The van der Waals surface area contributed by atoms with Crippen molar-refractivity contribution in [3.63, 3.8) is 0 Å². The van der Waals surface area contributed by atoms with E-state index in [0.29, 0.717) is 6.61 Å². The van der Waals surface area contributed by atoms with Gasteiger partial charge in [-0.3, -0.25) is 4.79 Å². The first-order valence-electron chi connectivity index (χ1n) is 9.00. The Kier molecular flexibility index (Phi) is 7.89. The molecule has 0 amide bonds. The van der Waals surface area contributed by atoms with Crippen molar-refractivity contribution < 1.29 is 23.9 Å². The number of piperidine rings is 1. The molecule has 5 nitrogen and oxygen atoms in total. The fourth-order valence-electron chi connectivity index (χ4n) is 3.13. The van der Waals surface area contributed by atoms with E-state index in [9.17, 15) is 4.79 Å². The van der Waals surface area contributed by atoms with Gasteiger partial charge in [-0.2, -0.15) is 0 Å². The number of hydrogen-bond donors (Lipinski definition) is 1. The summed E-state index contributed by atoms with van der Waals surface area (Å²) in [6, 6.07) is 7.71. The summed E-state index contributed by atoms with van der Waals surface area (Å²) in [7, 11) is 1.66. The van der Waals surface area contributed by atoms with Crippen LogP contribution in [0.3, 0.4) is 0 Å². The molecule has 0 saturated carbocycles. The van der Waals surface area contributed by atoms with Crippen molar-refractivity contribution in [2.24, 2.45) is 5.92 Å². The van der Waals surface area contributed by atoms with Gasteiger partial charge in [-0.15, -0.1) is 0 Å². The van der Waals surface area contributed by atoms with E-state index in [2.05, 4.69) is 0 Å². The van der Waals surface area contributed by atoms with Crippen LogP contribution in [-0.2, 0) is 9.53 Å². The van der Waals surface area contributed by atoms with Crippen molar-refractivity contribution >= 4 is 5.97 Å². The molecule has 1 aliphatic rings. The van der Waals surface area contributed by atoms with E-state index < -0.39 is 0 Å². The molecule has 5 heteroatoms. The van der Waals surface area contributed by atoms with Gasteiger partial charge in [0.1, 0.15) is 11.5 Å². The summed E-state index contributed by atoms with van der Waals surface area (Å²) in [5, 5.41) is 0. The summed E-state index contributed by atoms with van der Waals surface area (Å²) < 4.78 is 16.1. The molecule has 1 N–H and O–H groups in total. The summed E-state index contributed by atoms with van der Waals surface area (Å²) in [6.07, 6.45) is 4.09. The predicted octanol–water partition coefficient (Wildman–Crippen LogP) is 1.71. The molecule has 2 rings (SSSR count). The maximum Gasteiger partial charge on any atom is 0.309 e. The molecule has 1 heterocycles. The zero-order chi connectivity index (χ0) is 17.2. The number of esters is 1. The average molecular weight is 336 g/mol. The molecular formula is C19H30NO4+. The van der Waals surface area contributed by atoms with Crippen molar-refractivity contribution in [1.29, 1.82) is 0 Å². The highest BCUT2D eigenvalue weighted by molar-refractivity contribution is 5.72. The number of methoxy groups -OCH3 is 1. The first kappa shape index (κ1) is 18.6. The van der Waals surface area contributed by atoms with Gasteiger partial charge in [-0.05, 0) is 31.9 Å². The largest absolute Gasteiger partial charge is 0.497 e. The molecule has 1 saturated heterocycles. The summed E-state index contributed by atoms with van der Waals surface area (Å²) in [5.41, 5.74) is 0. The zero-order valence-electron chi connectivity index (χ0n) is 14.9. The minimum Gasteiger partial charge on any atom is -0.497 e. The van der Waals surface area contributed by atoms with Gasteiger partial charge in [-0.1, -0.05) is 6.07 Å². The molecule has 0 spiro atoms. The van der Waals surface area contributed by atoms with E-state index in [1.165, 1.54) is 0 Å². The van der Waals surface area contributed by atoms with E-state index >= 15 is 0 Å². The number of likely N-dealkylation sites (tertiary alicyclic amines) is 1. The van der Waals surface area contributed by atoms with Gasteiger partial charge in [0.25, 0.3) is 0 Å². The molecule has 0 radical (unpaired) electrons. The SMILES string of the molecule is CCOC(=O)C1CC[NH+](CCCCOc2cccc(OC)c2)CC1. The van der Waals surface area contributed by atoms with E-state index in [4.69, 9.17) is 14.2 Å². The number of carbonyl (C=O) groups is 1. The van der Waals surface area contributed by atoms with E-state index in [1.807, 2.05) is 31.2 Å². The lowest BCUT2D eigenvalue weighted by atomic mass is 9.97. The van der Waals surface area contributed by atoms with Crippen LogP contribution >= 0.6 is 0 Å². The topological polar surface area (TPSA) is 49.2 Å². The number of unbranched alkanes of at least 4 members (excludes halogenated alkanes) is 1. The standard InChI is InChI=1S/C19H29NO4/c1-3-23-19(21)16-9-12-20(13-10-16)11-4-5-14-24-18-8-6-7-17(15-18)22-2/h6-8,15-16H,3-5,9-14H2,1-2H3/p+1. The first-order valence-corrected chi connectivity index (χ1v) is 9.00. The van der Waals surface area contributed by atoms with Gasteiger partial charge in [-0.25, -0.2) is 0 Å². The summed E-state index contributed by atoms with van der Waals surface area (Å²) in [4.78, 5) is 13.3. The van der Waals surface area contributed by atoms with Crippen LogP contribution in [-0.4, -0.2) is 45.9 Å². The minimum absolute atomic E-state index is 0.0109. The third kappa shape index (κ3) is 6.04. The Morgan fingerprint density at radius 3 is 2.67 bits per heavy atom. The third-order valence-electron chi connectivity index (χ3n) is 4.55. The van der Waals surface area contributed by atoms with E-state index in [1.54, 1.807) is 12.0 Å². The summed E-state index contributed by atoms with van der Waals surface area (Å²) in [5.74, 6) is 1.78. The smallest absolute Gasteiger partial charge is 0.309 e. The Morgan fingerprint density at radius 1 is 1.21 bits per heavy atom. The first-order chi connectivity index (χ1) is 11.7. The number of nitrogens with one attached hydrogen (secondary N) is 1. The van der Waals surface area contributed by atoms with Crippen molar-refractivity contribution in [2.75, 3.05) is 40.0 Å². The number of carbonyl (C=O) groups excluding carboxylic acids is 1. The molecule has 1 aromatic carbocycles. The van der Waals surface area contributed by atoms with Crippen LogP contribution in [0.2, 0.25) is 0 Å². The molecule has 0 atom stereocenters. The van der Waals surface area contributed by atoms with E-state index in [0.717, 1.165) is 63.4 Å². The lowest BCUT2D eigenvalue weighted by Gasteiger charge is -2.28. The van der Waals surface area contributed by atoms with Crippen LogP contribution in [0.25, 0.3) is 0 Å². The quantitative estimate of drug-likeness (QED) is 0.551. The second-order valence-electron chi connectivity index (χ2n) is 6.26. The Labute approximate surface area is 144 Å². The second-order valence-corrected chi connectivity index (χ2v) is 6.26. The monoisotopic (exact) mass is 336 g/mol. The van der Waals surface area contributed by atoms with Gasteiger partial charge in [0.2, 0.25) is 0 Å². The van der Waals surface area contributed by atoms with Crippen LogP contribution in [0.4, 0.5) is 0 Å². The van der Waals surface area contributed by atoms with Gasteiger partial charge in [0, 0.05) is 18.9 Å². The van der Waals surface area contributed by atoms with Crippen LogP contribution in [0, 0.1) is 5.92 Å². The molecule has 1 fully saturated rings. The van der Waals surface area contributed by atoms with Gasteiger partial charge >= 0.3 is 5.97 Å². The fraction of sp³-hybridized carbons (Fsp3) is 0.632. The number of quaternary nitrogens is 1. The number of ether oxygens (including phenoxy) is 3. The predicted molar refractivity (Wildman–Crippen MR) is 92.6 cm³/mol. The lowest BCUT2D eigenvalue weighted by Crippen LogP contribution is -3.13. The molecule has 0 aliphatic carbocycles. The molecule has 134 valence electrons. The highest BCUT2D eigenvalue weighted by atomic mass is 16.5.